The van der Waals surface area contributed by atoms with Crippen molar-refractivity contribution in [3.05, 3.63) is 98.7 Å². The van der Waals surface area contributed by atoms with Crippen LogP contribution in [0, 0.1) is 11.3 Å². The number of H-pyrrole nitrogens is 1. The number of hydrogen-bond donors (Lipinski definition) is 2. The zero-order valence-electron chi connectivity index (χ0n) is 33.2. The van der Waals surface area contributed by atoms with Gasteiger partial charge in [0.1, 0.15) is 6.04 Å². The highest BCUT2D eigenvalue weighted by Gasteiger charge is 2.42. The summed E-state index contributed by atoms with van der Waals surface area (Å²) in [5.74, 6) is -0.700. The van der Waals surface area contributed by atoms with Crippen LogP contribution in [0.2, 0.25) is 0 Å². The predicted molar refractivity (Wildman–Crippen MR) is 218 cm³/mol. The number of imide groups is 1. The molecule has 1 aliphatic carbocycles. The van der Waals surface area contributed by atoms with Crippen molar-refractivity contribution in [3.63, 3.8) is 0 Å². The molecule has 57 heavy (non-hydrogen) atoms. The first kappa shape index (κ1) is 37.3. The number of piperidine rings is 2. The van der Waals surface area contributed by atoms with Crippen LogP contribution in [0.3, 0.4) is 0 Å². The van der Waals surface area contributed by atoms with E-state index in [1.54, 1.807) is 11.0 Å². The fraction of sp³-hybridized carbons (Fsp3) is 0.457. The summed E-state index contributed by atoms with van der Waals surface area (Å²) >= 11 is 0. The molecule has 3 amide bonds. The van der Waals surface area contributed by atoms with Crippen molar-refractivity contribution >= 4 is 40.1 Å². The van der Waals surface area contributed by atoms with Gasteiger partial charge < -0.3 is 19.7 Å². The fourth-order valence-electron chi connectivity index (χ4n) is 10.3. The van der Waals surface area contributed by atoms with Gasteiger partial charge in [0.05, 0.1) is 17.2 Å². The molecule has 4 aromatic rings. The van der Waals surface area contributed by atoms with Gasteiger partial charge in [-0.1, -0.05) is 39.0 Å². The number of anilines is 1. The van der Waals surface area contributed by atoms with Crippen molar-refractivity contribution < 1.29 is 19.2 Å². The van der Waals surface area contributed by atoms with Crippen LogP contribution in [0.4, 0.5) is 5.69 Å². The van der Waals surface area contributed by atoms with E-state index in [0.29, 0.717) is 30.1 Å². The van der Waals surface area contributed by atoms with E-state index < -0.39 is 11.5 Å². The number of aromatic nitrogens is 1. The molecule has 2 N–H and O–H groups in total. The van der Waals surface area contributed by atoms with E-state index in [-0.39, 0.29) is 29.9 Å². The van der Waals surface area contributed by atoms with E-state index in [1.165, 1.54) is 16.8 Å². The third kappa shape index (κ3) is 6.53. The van der Waals surface area contributed by atoms with Gasteiger partial charge in [0.2, 0.25) is 11.8 Å². The second kappa shape index (κ2) is 14.6. The molecule has 3 saturated heterocycles. The Kier molecular flexibility index (Phi) is 9.53. The van der Waals surface area contributed by atoms with Crippen molar-refractivity contribution in [2.75, 3.05) is 50.7 Å². The first-order valence-electron chi connectivity index (χ1n) is 20.8. The van der Waals surface area contributed by atoms with E-state index in [4.69, 9.17) is 0 Å². The number of nitriles is 1. The maximum absolute atomic E-state index is 14.1. The van der Waals surface area contributed by atoms with Gasteiger partial charge in [-0.3, -0.25) is 29.4 Å². The lowest BCUT2D eigenvalue weighted by Crippen LogP contribution is -2.53. The van der Waals surface area contributed by atoms with Crippen molar-refractivity contribution in [3.8, 4) is 6.07 Å². The molecule has 0 saturated carbocycles. The number of rotatable bonds is 8. The van der Waals surface area contributed by atoms with Crippen molar-refractivity contribution in [1.82, 2.24) is 25.0 Å². The number of aryl methyl sites for hydroxylation is 2. The van der Waals surface area contributed by atoms with Crippen LogP contribution in [-0.4, -0.2) is 101 Å². The first-order chi connectivity index (χ1) is 27.5. The second-order valence-corrected chi connectivity index (χ2v) is 17.2. The highest BCUT2D eigenvalue weighted by Crippen LogP contribution is 2.46. The molecule has 3 aromatic carbocycles. The average Bonchev–Trinajstić information content (AvgIpc) is 3.77. The Labute approximate surface area is 334 Å². The Morgan fingerprint density at radius 1 is 0.895 bits per heavy atom. The Bertz CT molecular complexity index is 2360. The molecule has 1 unspecified atom stereocenters. The Hall–Kier alpha value is -5.31. The zero-order valence-corrected chi connectivity index (χ0v) is 33.2. The zero-order chi connectivity index (χ0) is 39.6. The average molecular weight is 766 g/mol. The topological polar surface area (TPSA) is 133 Å². The lowest BCUT2D eigenvalue weighted by molar-refractivity contribution is -0.136. The molecule has 5 heterocycles. The van der Waals surface area contributed by atoms with E-state index in [1.807, 2.05) is 18.2 Å². The molecule has 0 radical (unpaired) electrons. The minimum absolute atomic E-state index is 0.0652. The van der Waals surface area contributed by atoms with E-state index >= 15 is 0 Å². The van der Waals surface area contributed by atoms with Gasteiger partial charge in [-0.2, -0.15) is 5.26 Å². The quantitative estimate of drug-likeness (QED) is 0.227. The van der Waals surface area contributed by atoms with Crippen LogP contribution in [0.25, 0.3) is 10.9 Å². The first-order valence-corrected chi connectivity index (χ1v) is 20.8. The molecule has 294 valence electrons. The van der Waals surface area contributed by atoms with Crippen LogP contribution >= 0.6 is 0 Å². The molecule has 4 aliphatic heterocycles. The molecule has 0 spiro atoms. The third-order valence-corrected chi connectivity index (χ3v) is 13.6. The van der Waals surface area contributed by atoms with Crippen LogP contribution in [0.15, 0.2) is 48.5 Å². The maximum Gasteiger partial charge on any atom is 0.255 e. The standard InChI is InChI=1S/C46H51N7O4/c1-4-30-24-35-36(46(2,3)43-41(42(35)55)34-10-8-29(26-47)23-37(34)48-43)25-39(30)52-16-13-32(14-17-52)51-20-18-50(19-21-51)15-5-6-28-7-9-33-31(22-28)27-53(45(33)57)38-11-12-40(54)49-44(38)56/h7-10,22-25,32,38,48H,4-6,11-21,27H2,1-3H3,(H,49,54,56). The van der Waals surface area contributed by atoms with Gasteiger partial charge in [-0.15, -0.1) is 0 Å². The number of amides is 3. The molecule has 11 nitrogen and oxygen atoms in total. The summed E-state index contributed by atoms with van der Waals surface area (Å²) in [5, 5.41) is 12.7. The number of carbonyl (C=O) groups is 4. The number of hydrogen-bond acceptors (Lipinski definition) is 8. The molecular weight excluding hydrogens is 715 g/mol. The molecular formula is C46H51N7O4. The highest BCUT2D eigenvalue weighted by molar-refractivity contribution is 6.20. The number of ketones is 1. The summed E-state index contributed by atoms with van der Waals surface area (Å²) in [6.07, 6.45) is 5.74. The minimum Gasteiger partial charge on any atom is -0.371 e. The summed E-state index contributed by atoms with van der Waals surface area (Å²) < 4.78 is 0. The molecule has 1 aromatic heterocycles. The molecule has 11 heteroatoms. The number of nitrogens with one attached hydrogen (secondary N) is 2. The summed E-state index contributed by atoms with van der Waals surface area (Å²) in [6.45, 7) is 14.4. The normalized spacial score (nSPS) is 21.4. The van der Waals surface area contributed by atoms with Crippen LogP contribution in [0.1, 0.15) is 113 Å². The number of benzene rings is 3. The van der Waals surface area contributed by atoms with E-state index in [0.717, 1.165) is 117 Å². The molecule has 1 atom stereocenters. The number of aromatic amines is 1. The summed E-state index contributed by atoms with van der Waals surface area (Å²) in [6, 6.07) is 18.3. The fourth-order valence-corrected chi connectivity index (χ4v) is 10.3. The largest absolute Gasteiger partial charge is 0.371 e. The number of fused-ring (bicyclic) bond motifs is 5. The lowest BCUT2D eigenvalue weighted by atomic mass is 9.70. The monoisotopic (exact) mass is 765 g/mol. The van der Waals surface area contributed by atoms with Gasteiger partial charge in [0, 0.05) is 97.1 Å². The minimum atomic E-state index is -0.584. The van der Waals surface area contributed by atoms with Gasteiger partial charge in [0.25, 0.3) is 5.91 Å². The number of nitrogens with zero attached hydrogens (tertiary/aromatic N) is 5. The summed E-state index contributed by atoms with van der Waals surface area (Å²) in [7, 11) is 0. The maximum atomic E-state index is 14.1. The Morgan fingerprint density at radius 2 is 1.68 bits per heavy atom. The number of piperazine rings is 1. The second-order valence-electron chi connectivity index (χ2n) is 17.2. The molecule has 5 aliphatic rings. The third-order valence-electron chi connectivity index (χ3n) is 13.6. The van der Waals surface area contributed by atoms with Crippen LogP contribution < -0.4 is 10.2 Å². The van der Waals surface area contributed by atoms with Gasteiger partial charge in [-0.25, -0.2) is 0 Å². The SMILES string of the molecule is CCc1cc2c(cc1N1CCC(N3CCN(CCCc4ccc5c(c4)CN(C4CCC(=O)NC4=O)C5=O)CC3)CC1)C(C)(C)c1[nH]c3cc(C#N)ccc3c1C2=O. The molecule has 0 bridgehead atoms. The molecule has 9 rings (SSSR count). The van der Waals surface area contributed by atoms with Crippen molar-refractivity contribution in [1.29, 1.82) is 5.26 Å². The Morgan fingerprint density at radius 3 is 2.42 bits per heavy atom. The smallest absolute Gasteiger partial charge is 0.255 e. The lowest BCUT2D eigenvalue weighted by Gasteiger charge is -2.44. The van der Waals surface area contributed by atoms with E-state index in [9.17, 15) is 24.4 Å². The van der Waals surface area contributed by atoms with Crippen molar-refractivity contribution in [2.45, 2.75) is 89.8 Å². The van der Waals surface area contributed by atoms with Crippen LogP contribution in [0.5, 0.6) is 0 Å². The van der Waals surface area contributed by atoms with Gasteiger partial charge >= 0.3 is 0 Å². The highest BCUT2D eigenvalue weighted by atomic mass is 16.2. The van der Waals surface area contributed by atoms with E-state index in [2.05, 4.69) is 76.1 Å². The predicted octanol–water partition coefficient (Wildman–Crippen LogP) is 5.45. The molecule has 3 fully saturated rings. The van der Waals surface area contributed by atoms with Crippen molar-refractivity contribution in [2.24, 2.45) is 0 Å². The Balaban J connectivity index is 0.781. The summed E-state index contributed by atoms with van der Waals surface area (Å²) in [4.78, 5) is 64.2. The summed E-state index contributed by atoms with van der Waals surface area (Å²) in [5.41, 5.74) is 9.90. The van der Waals surface area contributed by atoms with Gasteiger partial charge in [0.15, 0.2) is 5.78 Å². The van der Waals surface area contributed by atoms with Gasteiger partial charge in [-0.05, 0) is 97.7 Å². The van der Waals surface area contributed by atoms with Crippen LogP contribution in [-0.2, 0) is 34.4 Å². The number of carbonyl (C=O) groups excluding carboxylic acids is 4.